The molecule has 220 valence electrons. The summed E-state index contributed by atoms with van der Waals surface area (Å²) in [5, 5.41) is 16.4. The van der Waals surface area contributed by atoms with Crippen molar-refractivity contribution >= 4 is 24.2 Å². The highest BCUT2D eigenvalue weighted by molar-refractivity contribution is 5.96. The van der Waals surface area contributed by atoms with E-state index in [9.17, 15) is 14.7 Å². The average Bonchev–Trinajstić information content (AvgIpc) is 3.45. The molecule has 10 nitrogen and oxygen atoms in total. The fraction of sp³-hybridized carbons (Fsp3) is 0.607. The predicted octanol–water partition coefficient (Wildman–Crippen LogP) is 2.81. The number of unbranched alkanes of at least 4 members (excludes halogenated alkanes) is 1. The van der Waals surface area contributed by atoms with Crippen molar-refractivity contribution in [3.8, 4) is 5.75 Å². The maximum atomic E-state index is 13.0. The number of halogens is 1. The van der Waals surface area contributed by atoms with Crippen molar-refractivity contribution in [2.24, 2.45) is 17.6 Å². The van der Waals surface area contributed by atoms with Crippen LogP contribution in [0.2, 0.25) is 0 Å². The van der Waals surface area contributed by atoms with Crippen molar-refractivity contribution in [2.45, 2.75) is 64.5 Å². The molecule has 0 fully saturated rings. The van der Waals surface area contributed by atoms with Crippen LogP contribution in [0.15, 0.2) is 36.8 Å². The zero-order valence-electron chi connectivity index (χ0n) is 23.7. The number of carbonyl (C=O) groups excluding carboxylic acids is 2. The van der Waals surface area contributed by atoms with E-state index in [1.807, 2.05) is 6.07 Å². The van der Waals surface area contributed by atoms with Gasteiger partial charge >= 0.3 is 0 Å². The molecule has 0 aliphatic rings. The molecule has 0 radical (unpaired) electrons. The quantitative estimate of drug-likeness (QED) is 0.184. The smallest absolute Gasteiger partial charge is 0.255 e. The number of aliphatic hydroxyl groups is 1. The molecule has 3 atom stereocenters. The second-order valence-corrected chi connectivity index (χ2v) is 10.5. The van der Waals surface area contributed by atoms with Crippen molar-refractivity contribution in [2.75, 3.05) is 33.4 Å². The molecule has 2 rings (SSSR count). The van der Waals surface area contributed by atoms with E-state index in [4.69, 9.17) is 15.2 Å². The van der Waals surface area contributed by atoms with Gasteiger partial charge in [0, 0.05) is 39.0 Å². The van der Waals surface area contributed by atoms with E-state index in [1.54, 1.807) is 45.4 Å². The lowest BCUT2D eigenvalue weighted by molar-refractivity contribution is -0.126. The maximum absolute atomic E-state index is 13.0. The van der Waals surface area contributed by atoms with Crippen LogP contribution in [0.4, 0.5) is 0 Å². The number of hydrogen-bond donors (Lipinski definition) is 5. The first-order valence-electron chi connectivity index (χ1n) is 13.3. The van der Waals surface area contributed by atoms with Crippen molar-refractivity contribution < 1.29 is 24.2 Å². The molecule has 1 heterocycles. The van der Waals surface area contributed by atoms with Crippen molar-refractivity contribution in [1.82, 2.24) is 20.6 Å². The Morgan fingerprint density at radius 3 is 2.46 bits per heavy atom. The number of nitrogens with one attached hydrogen (secondary N) is 3. The summed E-state index contributed by atoms with van der Waals surface area (Å²) in [6.07, 6.45) is 4.47. The maximum Gasteiger partial charge on any atom is 0.255 e. The second-order valence-electron chi connectivity index (χ2n) is 10.5. The zero-order valence-corrected chi connectivity index (χ0v) is 24.6. The third kappa shape index (κ3) is 10.8. The molecule has 2 amide bonds. The average molecular weight is 568 g/mol. The summed E-state index contributed by atoms with van der Waals surface area (Å²) in [5.74, 6) is 0.327. The molecule has 6 N–H and O–H groups in total. The third-order valence-electron chi connectivity index (χ3n) is 6.85. The first kappa shape index (κ1) is 34.4. The molecular weight excluding hydrogens is 522 g/mol. The van der Waals surface area contributed by atoms with Crippen LogP contribution in [-0.2, 0) is 14.9 Å². The Morgan fingerprint density at radius 2 is 1.82 bits per heavy atom. The number of H-pyrrole nitrogens is 1. The molecule has 3 unspecified atom stereocenters. The lowest BCUT2D eigenvalue weighted by Gasteiger charge is -2.28. The largest absolute Gasteiger partial charge is 0.493 e. The Balaban J connectivity index is 0.00000760. The van der Waals surface area contributed by atoms with E-state index >= 15 is 0 Å². The van der Waals surface area contributed by atoms with Gasteiger partial charge < -0.3 is 35.9 Å². The molecule has 0 saturated heterocycles. The first-order valence-corrected chi connectivity index (χ1v) is 13.3. The fourth-order valence-corrected chi connectivity index (χ4v) is 4.02. The Hall–Kier alpha value is -2.66. The third-order valence-corrected chi connectivity index (χ3v) is 6.85. The van der Waals surface area contributed by atoms with Crippen LogP contribution in [0.1, 0.15) is 63.0 Å². The fourth-order valence-electron chi connectivity index (χ4n) is 4.02. The first-order chi connectivity index (χ1) is 18.1. The van der Waals surface area contributed by atoms with Gasteiger partial charge in [0.1, 0.15) is 5.75 Å². The van der Waals surface area contributed by atoms with Gasteiger partial charge in [0.05, 0.1) is 35.7 Å². The summed E-state index contributed by atoms with van der Waals surface area (Å²) >= 11 is 0. The number of benzene rings is 1. The van der Waals surface area contributed by atoms with E-state index in [2.05, 4.69) is 34.4 Å². The van der Waals surface area contributed by atoms with Crippen LogP contribution >= 0.6 is 12.4 Å². The highest BCUT2D eigenvalue weighted by Crippen LogP contribution is 2.22. The van der Waals surface area contributed by atoms with Gasteiger partial charge in [0.2, 0.25) is 5.91 Å². The Bertz CT molecular complexity index is 986. The number of aromatic amines is 1. The van der Waals surface area contributed by atoms with Crippen LogP contribution in [-0.4, -0.2) is 72.4 Å². The summed E-state index contributed by atoms with van der Waals surface area (Å²) in [6.45, 7) is 9.26. The molecule has 11 heteroatoms. The molecule has 0 aliphatic heterocycles. The second kappa shape index (κ2) is 17.1. The number of imidazole rings is 1. The molecule has 0 bridgehead atoms. The van der Waals surface area contributed by atoms with Crippen LogP contribution in [0, 0.1) is 11.8 Å². The zero-order chi connectivity index (χ0) is 28.1. The normalized spacial score (nSPS) is 13.7. The van der Waals surface area contributed by atoms with E-state index in [-0.39, 0.29) is 42.6 Å². The molecular formula is C28H46ClN5O5. The summed E-state index contributed by atoms with van der Waals surface area (Å²) in [5.41, 5.74) is 6.56. The standard InChI is InChI=1S/C28H45N5O5.ClH/c1-19(2)20(14-22(29)23(34)16-32-27(36)28(3,4)25-17-30-18-33-25)15-31-26(35)21-10-6-7-11-24(21)38-13-9-8-12-37-5;/h6-7,10-11,17-20,22-23,34H,8-9,12-16,29H2,1-5H3,(H,30,33)(H,31,35)(H,32,36);1H. The number of rotatable bonds is 17. The van der Waals surface area contributed by atoms with Gasteiger partial charge in [0.15, 0.2) is 0 Å². The minimum atomic E-state index is -0.932. The molecule has 39 heavy (non-hydrogen) atoms. The van der Waals surface area contributed by atoms with Gasteiger partial charge in [0.25, 0.3) is 5.91 Å². The number of ether oxygens (including phenoxy) is 2. The van der Waals surface area contributed by atoms with E-state index < -0.39 is 17.6 Å². The Kier molecular flexibility index (Phi) is 15.1. The lowest BCUT2D eigenvalue weighted by atomic mass is 9.87. The van der Waals surface area contributed by atoms with Gasteiger partial charge in [-0.3, -0.25) is 9.59 Å². The number of aromatic nitrogens is 2. The number of hydrogen-bond acceptors (Lipinski definition) is 7. The Morgan fingerprint density at radius 1 is 1.13 bits per heavy atom. The highest BCUT2D eigenvalue weighted by atomic mass is 35.5. The van der Waals surface area contributed by atoms with Gasteiger partial charge in [-0.1, -0.05) is 26.0 Å². The van der Waals surface area contributed by atoms with Gasteiger partial charge in [-0.2, -0.15) is 0 Å². The van der Waals surface area contributed by atoms with Gasteiger partial charge in [-0.25, -0.2) is 4.98 Å². The monoisotopic (exact) mass is 567 g/mol. The van der Waals surface area contributed by atoms with E-state index in [0.717, 1.165) is 12.8 Å². The van der Waals surface area contributed by atoms with Crippen molar-refractivity contribution in [1.29, 1.82) is 0 Å². The molecule has 1 aromatic carbocycles. The van der Waals surface area contributed by atoms with E-state index in [1.165, 1.54) is 6.33 Å². The van der Waals surface area contributed by atoms with Crippen LogP contribution in [0.5, 0.6) is 5.75 Å². The van der Waals surface area contributed by atoms with Crippen molar-refractivity contribution in [3.63, 3.8) is 0 Å². The molecule has 2 aromatic rings. The summed E-state index contributed by atoms with van der Waals surface area (Å²) in [6, 6.07) is 6.61. The highest BCUT2D eigenvalue weighted by Gasteiger charge is 2.32. The summed E-state index contributed by atoms with van der Waals surface area (Å²) in [4.78, 5) is 32.7. The summed E-state index contributed by atoms with van der Waals surface area (Å²) < 4.78 is 10.9. The van der Waals surface area contributed by atoms with Gasteiger partial charge in [-0.05, 0) is 57.1 Å². The van der Waals surface area contributed by atoms with E-state index in [0.29, 0.717) is 43.2 Å². The Labute approximate surface area is 238 Å². The number of methoxy groups -OCH3 is 1. The molecule has 0 saturated carbocycles. The number of amides is 2. The van der Waals surface area contributed by atoms with Crippen molar-refractivity contribution in [3.05, 3.63) is 48.0 Å². The SMILES string of the molecule is COCCCCOc1ccccc1C(=O)NCC(CC(N)C(O)CNC(=O)C(C)(C)c1c[nH]cn1)C(C)C.Cl. The predicted molar refractivity (Wildman–Crippen MR) is 154 cm³/mol. The van der Waals surface area contributed by atoms with Crippen LogP contribution in [0.25, 0.3) is 0 Å². The minimum absolute atomic E-state index is 0. The molecule has 0 spiro atoms. The summed E-state index contributed by atoms with van der Waals surface area (Å²) in [7, 11) is 1.67. The molecule has 1 aromatic heterocycles. The number of carbonyl (C=O) groups is 2. The lowest BCUT2D eigenvalue weighted by Crippen LogP contribution is -2.49. The molecule has 0 aliphatic carbocycles. The number of aliphatic hydroxyl groups excluding tert-OH is 1. The number of para-hydroxylation sites is 1. The van der Waals surface area contributed by atoms with Gasteiger partial charge in [-0.15, -0.1) is 12.4 Å². The minimum Gasteiger partial charge on any atom is -0.493 e. The number of nitrogens with two attached hydrogens (primary N) is 1. The van der Waals surface area contributed by atoms with Crippen LogP contribution < -0.4 is 21.1 Å². The topological polar surface area (TPSA) is 152 Å². The number of nitrogens with zero attached hydrogens (tertiary/aromatic N) is 1. The van der Waals surface area contributed by atoms with Crippen LogP contribution in [0.3, 0.4) is 0 Å².